The predicted octanol–water partition coefficient (Wildman–Crippen LogP) is 2.97. The van der Waals surface area contributed by atoms with Crippen molar-refractivity contribution in [2.75, 3.05) is 0 Å². The average molecular weight is 151 g/mol. The summed E-state index contributed by atoms with van der Waals surface area (Å²) in [5, 5.41) is 0. The van der Waals surface area contributed by atoms with E-state index >= 15 is 0 Å². The summed E-state index contributed by atoms with van der Waals surface area (Å²) < 4.78 is 36.0. The van der Waals surface area contributed by atoms with E-state index in [2.05, 4.69) is 13.5 Å². The zero-order valence-corrected chi connectivity index (χ0v) is 5.83. The lowest BCUT2D eigenvalue weighted by Gasteiger charge is -2.26. The summed E-state index contributed by atoms with van der Waals surface area (Å²) in [7, 11) is 0. The largest absolute Gasteiger partial charge is 0.397 e. The van der Waals surface area contributed by atoms with Crippen LogP contribution in [-0.2, 0) is 0 Å². The van der Waals surface area contributed by atoms with E-state index in [-0.39, 0.29) is 6.42 Å². The van der Waals surface area contributed by atoms with Crippen LogP contribution in [0.15, 0.2) is 12.7 Å². The molecule has 0 heterocycles. The number of rotatable bonds is 2. The first-order chi connectivity index (χ1) is 4.37. The maximum absolute atomic E-state index is 12.0. The Hall–Kier alpha value is -0.470. The number of halogens is 3. The van der Waals surface area contributed by atoms with Crippen molar-refractivity contribution in [2.24, 2.45) is 5.41 Å². The molecule has 0 saturated heterocycles. The molecule has 0 rings (SSSR count). The molecule has 0 amide bonds. The van der Waals surface area contributed by atoms with Gasteiger partial charge in [-0.25, -0.2) is 0 Å². The van der Waals surface area contributed by atoms with Gasteiger partial charge in [0.05, 0.1) is 5.41 Å². The molecule has 3 heteroatoms. The summed E-state index contributed by atoms with van der Waals surface area (Å²) in [6.45, 7) is 7.39. The van der Waals surface area contributed by atoms with Gasteiger partial charge in [-0.15, -0.1) is 6.58 Å². The van der Waals surface area contributed by atoms with Gasteiger partial charge in [0.15, 0.2) is 0 Å². The molecule has 0 aliphatic carbocycles. The van der Waals surface area contributed by atoms with Gasteiger partial charge in [-0.1, -0.05) is 13.0 Å². The fraction of sp³-hybridized carbons (Fsp3) is 0.571. The van der Waals surface area contributed by atoms with Crippen LogP contribution in [0, 0.1) is 12.3 Å². The lowest BCUT2D eigenvalue weighted by Crippen LogP contribution is -2.32. The fourth-order valence-corrected chi connectivity index (χ4v) is 0.360. The van der Waals surface area contributed by atoms with Crippen LogP contribution in [0.1, 0.15) is 13.3 Å². The van der Waals surface area contributed by atoms with E-state index in [1.807, 2.05) is 0 Å². The number of hydrogen-bond acceptors (Lipinski definition) is 0. The van der Waals surface area contributed by atoms with Gasteiger partial charge in [0.25, 0.3) is 0 Å². The van der Waals surface area contributed by atoms with Crippen LogP contribution in [-0.4, -0.2) is 6.18 Å². The second-order valence-corrected chi connectivity index (χ2v) is 2.37. The minimum absolute atomic E-state index is 0.208. The topological polar surface area (TPSA) is 0 Å². The smallest absolute Gasteiger partial charge is 0.170 e. The molecule has 10 heavy (non-hydrogen) atoms. The maximum Gasteiger partial charge on any atom is 0.397 e. The molecule has 0 aliphatic heterocycles. The highest BCUT2D eigenvalue weighted by molar-refractivity contribution is 4.97. The first-order valence-corrected chi connectivity index (χ1v) is 2.87. The highest BCUT2D eigenvalue weighted by Gasteiger charge is 2.47. The van der Waals surface area contributed by atoms with E-state index in [4.69, 9.17) is 0 Å². The van der Waals surface area contributed by atoms with Crippen molar-refractivity contribution in [2.45, 2.75) is 19.5 Å². The van der Waals surface area contributed by atoms with Crippen molar-refractivity contribution in [1.82, 2.24) is 0 Å². The number of alkyl halides is 3. The Labute approximate surface area is 58.7 Å². The molecule has 0 bridgehead atoms. The summed E-state index contributed by atoms with van der Waals surface area (Å²) in [6.07, 6.45) is -3.55. The Kier molecular flexibility index (Phi) is 2.52. The van der Waals surface area contributed by atoms with Gasteiger partial charge in [0.1, 0.15) is 0 Å². The van der Waals surface area contributed by atoms with Gasteiger partial charge in [-0.2, -0.15) is 13.2 Å². The Morgan fingerprint density at radius 3 is 1.80 bits per heavy atom. The van der Waals surface area contributed by atoms with E-state index in [9.17, 15) is 13.2 Å². The fourth-order valence-electron chi connectivity index (χ4n) is 0.360. The van der Waals surface area contributed by atoms with Crippen LogP contribution in [0.4, 0.5) is 13.2 Å². The summed E-state index contributed by atoms with van der Waals surface area (Å²) >= 11 is 0. The van der Waals surface area contributed by atoms with Gasteiger partial charge in [0, 0.05) is 0 Å². The minimum Gasteiger partial charge on any atom is -0.170 e. The van der Waals surface area contributed by atoms with Gasteiger partial charge in [0.2, 0.25) is 0 Å². The monoisotopic (exact) mass is 151 g/mol. The van der Waals surface area contributed by atoms with Crippen LogP contribution in [0.3, 0.4) is 0 Å². The SMILES string of the molecule is [CH2]CC(C)(C=C)C(F)(F)F. The molecule has 0 aliphatic rings. The number of allylic oxidation sites excluding steroid dienone is 1. The predicted molar refractivity (Wildman–Crippen MR) is 34.3 cm³/mol. The van der Waals surface area contributed by atoms with E-state index in [0.29, 0.717) is 0 Å². The first kappa shape index (κ1) is 9.53. The molecule has 0 saturated carbocycles. The molecular weight excluding hydrogens is 141 g/mol. The summed E-state index contributed by atoms with van der Waals surface area (Å²) in [5.74, 6) is 0. The molecule has 0 fully saturated rings. The van der Waals surface area contributed by atoms with Gasteiger partial charge >= 0.3 is 6.18 Å². The van der Waals surface area contributed by atoms with Crippen molar-refractivity contribution < 1.29 is 13.2 Å². The van der Waals surface area contributed by atoms with Crippen molar-refractivity contribution in [3.63, 3.8) is 0 Å². The molecule has 0 N–H and O–H groups in total. The molecular formula is C7H10F3. The zero-order chi connectivity index (χ0) is 8.41. The lowest BCUT2D eigenvalue weighted by molar-refractivity contribution is -0.198. The van der Waals surface area contributed by atoms with E-state index in [0.717, 1.165) is 13.0 Å². The molecule has 0 aromatic rings. The Morgan fingerprint density at radius 1 is 1.40 bits per heavy atom. The lowest BCUT2D eigenvalue weighted by atomic mass is 9.87. The van der Waals surface area contributed by atoms with Crippen LogP contribution >= 0.6 is 0 Å². The van der Waals surface area contributed by atoms with E-state index in [1.165, 1.54) is 0 Å². The summed E-state index contributed by atoms with van der Waals surface area (Å²) in [4.78, 5) is 0. The summed E-state index contributed by atoms with van der Waals surface area (Å²) in [6, 6.07) is 0. The minimum atomic E-state index is -4.23. The van der Waals surface area contributed by atoms with Crippen LogP contribution in [0.2, 0.25) is 0 Å². The quantitative estimate of drug-likeness (QED) is 0.532. The third kappa shape index (κ3) is 1.52. The van der Waals surface area contributed by atoms with E-state index < -0.39 is 11.6 Å². The first-order valence-electron chi connectivity index (χ1n) is 2.87. The third-order valence-corrected chi connectivity index (χ3v) is 1.62. The van der Waals surface area contributed by atoms with Gasteiger partial charge in [-0.3, -0.25) is 0 Å². The Morgan fingerprint density at radius 2 is 1.80 bits per heavy atom. The summed E-state index contributed by atoms with van der Waals surface area (Å²) in [5.41, 5.74) is -1.83. The van der Waals surface area contributed by atoms with Gasteiger partial charge < -0.3 is 0 Å². The molecule has 0 aromatic heterocycles. The third-order valence-electron chi connectivity index (χ3n) is 1.62. The molecule has 1 radical (unpaired) electrons. The molecule has 0 nitrogen and oxygen atoms in total. The number of hydrogen-bond donors (Lipinski definition) is 0. The highest BCUT2D eigenvalue weighted by Crippen LogP contribution is 2.41. The van der Waals surface area contributed by atoms with Crippen LogP contribution < -0.4 is 0 Å². The normalized spacial score (nSPS) is 18.1. The molecule has 1 atom stereocenters. The van der Waals surface area contributed by atoms with Gasteiger partial charge in [-0.05, 0) is 13.3 Å². The molecule has 59 valence electrons. The van der Waals surface area contributed by atoms with Crippen molar-refractivity contribution >= 4 is 0 Å². The van der Waals surface area contributed by atoms with Crippen molar-refractivity contribution in [3.05, 3.63) is 19.6 Å². The Bertz CT molecular complexity index is 125. The Balaban J connectivity index is 4.48. The zero-order valence-electron chi connectivity index (χ0n) is 5.83. The highest BCUT2D eigenvalue weighted by atomic mass is 19.4. The van der Waals surface area contributed by atoms with Crippen LogP contribution in [0.25, 0.3) is 0 Å². The second-order valence-electron chi connectivity index (χ2n) is 2.37. The van der Waals surface area contributed by atoms with E-state index in [1.54, 1.807) is 0 Å². The average Bonchev–Trinajstić information content (AvgIpc) is 1.84. The standard InChI is InChI=1S/C7H10F3/c1-4-6(3,5-2)7(8,9)10/h4H,1-2,5H2,3H3. The molecule has 1 unspecified atom stereocenters. The second kappa shape index (κ2) is 2.64. The molecule has 0 aromatic carbocycles. The van der Waals surface area contributed by atoms with Crippen molar-refractivity contribution in [3.8, 4) is 0 Å². The maximum atomic E-state index is 12.0. The molecule has 0 spiro atoms. The van der Waals surface area contributed by atoms with Crippen molar-refractivity contribution in [1.29, 1.82) is 0 Å². The van der Waals surface area contributed by atoms with Crippen LogP contribution in [0.5, 0.6) is 0 Å².